The van der Waals surface area contributed by atoms with Gasteiger partial charge in [0.05, 0.1) is 12.1 Å². The summed E-state index contributed by atoms with van der Waals surface area (Å²) in [6, 6.07) is 9.89. The van der Waals surface area contributed by atoms with Gasteiger partial charge in [0.1, 0.15) is 12.2 Å². The van der Waals surface area contributed by atoms with E-state index in [2.05, 4.69) is 16.8 Å². The van der Waals surface area contributed by atoms with Crippen molar-refractivity contribution in [1.29, 1.82) is 0 Å². The van der Waals surface area contributed by atoms with Crippen molar-refractivity contribution >= 4 is 10.9 Å². The molecule has 0 amide bonds. The molecule has 4 heteroatoms. The fraction of sp³-hybridized carbons (Fsp3) is 0.471. The second kappa shape index (κ2) is 6.52. The summed E-state index contributed by atoms with van der Waals surface area (Å²) in [6.45, 7) is 5.67. The van der Waals surface area contributed by atoms with Crippen LogP contribution in [0.2, 0.25) is 0 Å². The van der Waals surface area contributed by atoms with E-state index in [1.165, 1.54) is 0 Å². The molecule has 0 saturated carbocycles. The summed E-state index contributed by atoms with van der Waals surface area (Å²) in [7, 11) is 0. The smallest absolute Gasteiger partial charge is 0.106 e. The van der Waals surface area contributed by atoms with Crippen molar-refractivity contribution < 1.29 is 9.84 Å². The lowest BCUT2D eigenvalue weighted by molar-refractivity contribution is -0.0898. The van der Waals surface area contributed by atoms with Crippen molar-refractivity contribution in [2.45, 2.75) is 25.6 Å². The van der Waals surface area contributed by atoms with Gasteiger partial charge in [-0.05, 0) is 30.7 Å². The van der Waals surface area contributed by atoms with E-state index >= 15 is 0 Å². The molecule has 112 valence electrons. The van der Waals surface area contributed by atoms with Gasteiger partial charge in [-0.3, -0.25) is 9.88 Å². The van der Waals surface area contributed by atoms with E-state index in [9.17, 15) is 5.11 Å². The van der Waals surface area contributed by atoms with Crippen LogP contribution in [0.1, 0.15) is 25.0 Å². The lowest BCUT2D eigenvalue weighted by atomic mass is 10.0. The molecule has 1 aliphatic rings. The number of benzene rings is 1. The number of fused-ring (bicyclic) bond motifs is 1. The minimum Gasteiger partial charge on any atom is -0.386 e. The quantitative estimate of drug-likeness (QED) is 0.937. The zero-order valence-corrected chi connectivity index (χ0v) is 12.4. The summed E-state index contributed by atoms with van der Waals surface area (Å²) in [4.78, 5) is 6.71. The van der Waals surface area contributed by atoms with Gasteiger partial charge in [0.15, 0.2) is 0 Å². The normalized spacial score (nSPS) is 21.5. The molecular formula is C17H22N2O2. The monoisotopic (exact) mass is 286 g/mol. The lowest BCUT2D eigenvalue weighted by Crippen LogP contribution is -2.45. The molecule has 3 rings (SSSR count). The molecular weight excluding hydrogens is 264 g/mol. The Labute approximate surface area is 125 Å². The summed E-state index contributed by atoms with van der Waals surface area (Å²) in [5.41, 5.74) is 1.79. The van der Waals surface area contributed by atoms with Crippen LogP contribution >= 0.6 is 0 Å². The number of ether oxygens (including phenoxy) is 1. The minimum atomic E-state index is -0.601. The van der Waals surface area contributed by atoms with Crippen molar-refractivity contribution in [3.05, 3.63) is 42.1 Å². The maximum absolute atomic E-state index is 10.6. The van der Waals surface area contributed by atoms with Gasteiger partial charge in [0.2, 0.25) is 0 Å². The molecule has 2 heterocycles. The lowest BCUT2D eigenvalue weighted by Gasteiger charge is -2.35. The topological polar surface area (TPSA) is 45.6 Å². The first-order valence-corrected chi connectivity index (χ1v) is 7.64. The van der Waals surface area contributed by atoms with Crippen LogP contribution in [-0.4, -0.2) is 47.3 Å². The fourth-order valence-electron chi connectivity index (χ4n) is 2.92. The number of rotatable bonds is 4. The highest BCUT2D eigenvalue weighted by Gasteiger charge is 2.27. The van der Waals surface area contributed by atoms with Crippen LogP contribution < -0.4 is 0 Å². The third-order valence-corrected chi connectivity index (χ3v) is 4.04. The molecule has 0 bridgehead atoms. The van der Waals surface area contributed by atoms with Crippen LogP contribution in [0, 0.1) is 0 Å². The molecule has 1 aliphatic heterocycles. The van der Waals surface area contributed by atoms with E-state index in [0.29, 0.717) is 6.61 Å². The van der Waals surface area contributed by atoms with Gasteiger partial charge in [0.25, 0.3) is 0 Å². The Bertz CT molecular complexity index is 600. The Hall–Kier alpha value is -1.49. The average Bonchev–Trinajstić information content (AvgIpc) is 2.54. The number of hydrogen-bond donors (Lipinski definition) is 1. The highest BCUT2D eigenvalue weighted by molar-refractivity contribution is 5.78. The number of morpholine rings is 1. The Balaban J connectivity index is 1.77. The summed E-state index contributed by atoms with van der Waals surface area (Å²) >= 11 is 0. The SMILES string of the molecule is CCCN1CCOC(C(O)c2ccc3cccnc3c2)C1. The van der Waals surface area contributed by atoms with E-state index in [4.69, 9.17) is 4.74 Å². The number of aliphatic hydroxyl groups excluding tert-OH is 1. The molecule has 2 atom stereocenters. The molecule has 1 aromatic heterocycles. The number of pyridine rings is 1. The molecule has 2 aromatic rings. The standard InChI is InChI=1S/C17H22N2O2/c1-2-8-19-9-10-21-16(12-19)17(20)14-6-5-13-4-3-7-18-15(13)11-14/h3-7,11,16-17,20H,2,8-10,12H2,1H3. The van der Waals surface area contributed by atoms with E-state index < -0.39 is 6.10 Å². The first-order valence-electron chi connectivity index (χ1n) is 7.64. The van der Waals surface area contributed by atoms with Crippen LogP contribution in [-0.2, 0) is 4.74 Å². The zero-order chi connectivity index (χ0) is 14.7. The highest BCUT2D eigenvalue weighted by atomic mass is 16.5. The van der Waals surface area contributed by atoms with Crippen molar-refractivity contribution in [3.8, 4) is 0 Å². The first kappa shape index (κ1) is 14.4. The summed E-state index contributed by atoms with van der Waals surface area (Å²) in [6.07, 6.45) is 2.14. The number of aromatic nitrogens is 1. The van der Waals surface area contributed by atoms with Gasteiger partial charge in [-0.15, -0.1) is 0 Å². The van der Waals surface area contributed by atoms with Crippen LogP contribution in [0.4, 0.5) is 0 Å². The average molecular weight is 286 g/mol. The predicted octanol–water partition coefficient (Wildman–Crippen LogP) is 2.38. The molecule has 1 saturated heterocycles. The summed E-state index contributed by atoms with van der Waals surface area (Å²) in [5, 5.41) is 11.7. The van der Waals surface area contributed by atoms with Gasteiger partial charge in [-0.1, -0.05) is 25.1 Å². The van der Waals surface area contributed by atoms with Crippen LogP contribution in [0.25, 0.3) is 10.9 Å². The van der Waals surface area contributed by atoms with Gasteiger partial charge in [-0.25, -0.2) is 0 Å². The number of hydrogen-bond acceptors (Lipinski definition) is 4. The second-order valence-corrected chi connectivity index (χ2v) is 5.61. The van der Waals surface area contributed by atoms with E-state index in [-0.39, 0.29) is 6.10 Å². The Morgan fingerprint density at radius 2 is 2.33 bits per heavy atom. The van der Waals surface area contributed by atoms with Gasteiger partial charge in [-0.2, -0.15) is 0 Å². The molecule has 0 aliphatic carbocycles. The van der Waals surface area contributed by atoms with Crippen LogP contribution in [0.5, 0.6) is 0 Å². The fourth-order valence-corrected chi connectivity index (χ4v) is 2.92. The van der Waals surface area contributed by atoms with Gasteiger partial charge in [0, 0.05) is 24.7 Å². The number of aliphatic hydroxyl groups is 1. The molecule has 1 N–H and O–H groups in total. The zero-order valence-electron chi connectivity index (χ0n) is 12.4. The predicted molar refractivity (Wildman–Crippen MR) is 83.2 cm³/mol. The van der Waals surface area contributed by atoms with Crippen molar-refractivity contribution in [3.63, 3.8) is 0 Å². The third kappa shape index (κ3) is 3.23. The maximum atomic E-state index is 10.6. The van der Waals surface area contributed by atoms with E-state index in [1.54, 1.807) is 6.20 Å². The van der Waals surface area contributed by atoms with Crippen molar-refractivity contribution in [2.75, 3.05) is 26.2 Å². The van der Waals surface area contributed by atoms with Crippen molar-refractivity contribution in [1.82, 2.24) is 9.88 Å². The minimum absolute atomic E-state index is 0.161. The van der Waals surface area contributed by atoms with Crippen molar-refractivity contribution in [2.24, 2.45) is 0 Å². The van der Waals surface area contributed by atoms with Gasteiger partial charge >= 0.3 is 0 Å². The molecule has 21 heavy (non-hydrogen) atoms. The molecule has 1 fully saturated rings. The number of nitrogens with zero attached hydrogens (tertiary/aromatic N) is 2. The maximum Gasteiger partial charge on any atom is 0.106 e. The Kier molecular flexibility index (Phi) is 4.48. The Morgan fingerprint density at radius 1 is 1.43 bits per heavy atom. The largest absolute Gasteiger partial charge is 0.386 e. The molecule has 1 aromatic carbocycles. The first-order chi connectivity index (χ1) is 10.3. The van der Waals surface area contributed by atoms with Crippen LogP contribution in [0.15, 0.2) is 36.5 Å². The van der Waals surface area contributed by atoms with Gasteiger partial charge < -0.3 is 9.84 Å². The molecule has 4 nitrogen and oxygen atoms in total. The Morgan fingerprint density at radius 3 is 3.19 bits per heavy atom. The highest BCUT2D eigenvalue weighted by Crippen LogP contribution is 2.25. The van der Waals surface area contributed by atoms with Crippen LogP contribution in [0.3, 0.4) is 0 Å². The summed E-state index contributed by atoms with van der Waals surface area (Å²) < 4.78 is 5.77. The van der Waals surface area contributed by atoms with E-state index in [1.807, 2.05) is 30.3 Å². The second-order valence-electron chi connectivity index (χ2n) is 5.61. The van der Waals surface area contributed by atoms with E-state index in [0.717, 1.165) is 42.5 Å². The molecule has 2 unspecified atom stereocenters. The summed E-state index contributed by atoms with van der Waals surface area (Å²) in [5.74, 6) is 0. The molecule has 0 spiro atoms. The molecule has 0 radical (unpaired) electrons. The third-order valence-electron chi connectivity index (χ3n) is 4.04.